The zero-order valence-electron chi connectivity index (χ0n) is 20.7. The lowest BCUT2D eigenvalue weighted by atomic mass is 9.94. The Kier molecular flexibility index (Phi) is 10.2. The second-order valence-corrected chi connectivity index (χ2v) is 8.87. The molecule has 1 saturated carbocycles. The zero-order chi connectivity index (χ0) is 25.9. The number of allylic oxidation sites excluding steroid dienone is 1. The van der Waals surface area contributed by atoms with Crippen LogP contribution in [0.2, 0.25) is 0 Å². The third-order valence-electron chi connectivity index (χ3n) is 6.26. The highest BCUT2D eigenvalue weighted by molar-refractivity contribution is 6.06. The molecule has 1 unspecified atom stereocenters. The molecule has 2 aromatic carbocycles. The number of carbonyl (C=O) groups is 3. The number of methoxy groups -OCH3 is 1. The Bertz CT molecular complexity index is 1050. The van der Waals surface area contributed by atoms with Crippen LogP contribution in [0.1, 0.15) is 54.1 Å². The van der Waals surface area contributed by atoms with Gasteiger partial charge in [0.25, 0.3) is 0 Å². The first-order valence-electron chi connectivity index (χ1n) is 12.2. The van der Waals surface area contributed by atoms with Gasteiger partial charge in [-0.2, -0.15) is 0 Å². The summed E-state index contributed by atoms with van der Waals surface area (Å²) in [6.45, 7) is 0.341. The number of carbonyl (C=O) groups excluding carboxylic acids is 3. The van der Waals surface area contributed by atoms with Crippen molar-refractivity contribution in [3.05, 3.63) is 77.6 Å². The van der Waals surface area contributed by atoms with Gasteiger partial charge in [-0.15, -0.1) is 0 Å². The SMILES string of the molecule is COc1ccc(C(C(=O)NC2CCCCC2)N(C)CCOC(=O)C=CC(=O)c2ccc(F)cc2)cc1. The Morgan fingerprint density at radius 3 is 2.33 bits per heavy atom. The van der Waals surface area contributed by atoms with Crippen molar-refractivity contribution >= 4 is 17.7 Å². The number of halogens is 1. The van der Waals surface area contributed by atoms with Crippen LogP contribution < -0.4 is 10.1 Å². The van der Waals surface area contributed by atoms with E-state index in [4.69, 9.17) is 9.47 Å². The highest BCUT2D eigenvalue weighted by Crippen LogP contribution is 2.24. The van der Waals surface area contributed by atoms with Gasteiger partial charge in [0, 0.05) is 24.2 Å². The molecule has 1 aliphatic carbocycles. The lowest BCUT2D eigenvalue weighted by Crippen LogP contribution is -2.44. The van der Waals surface area contributed by atoms with Gasteiger partial charge >= 0.3 is 5.97 Å². The number of esters is 1. The van der Waals surface area contributed by atoms with Gasteiger partial charge in [-0.05, 0) is 67.9 Å². The molecule has 0 spiro atoms. The molecule has 1 aliphatic rings. The van der Waals surface area contributed by atoms with Crippen LogP contribution >= 0.6 is 0 Å². The van der Waals surface area contributed by atoms with E-state index in [1.54, 1.807) is 14.2 Å². The molecule has 0 saturated heterocycles. The summed E-state index contributed by atoms with van der Waals surface area (Å²) in [5.74, 6) is -0.941. The van der Waals surface area contributed by atoms with E-state index in [0.717, 1.165) is 43.4 Å². The van der Waals surface area contributed by atoms with E-state index in [9.17, 15) is 18.8 Å². The molecule has 0 aromatic heterocycles. The van der Waals surface area contributed by atoms with Gasteiger partial charge in [0.2, 0.25) is 5.91 Å². The van der Waals surface area contributed by atoms with Crippen LogP contribution in [0.3, 0.4) is 0 Å². The minimum Gasteiger partial charge on any atom is -0.497 e. The first-order chi connectivity index (χ1) is 17.4. The first-order valence-corrected chi connectivity index (χ1v) is 12.2. The maximum absolute atomic E-state index is 13.3. The van der Waals surface area contributed by atoms with Crippen molar-refractivity contribution in [2.45, 2.75) is 44.2 Å². The fraction of sp³-hybridized carbons (Fsp3) is 0.393. The molecular weight excluding hydrogens is 463 g/mol. The third kappa shape index (κ3) is 8.02. The molecule has 1 N–H and O–H groups in total. The highest BCUT2D eigenvalue weighted by atomic mass is 19.1. The van der Waals surface area contributed by atoms with Crippen molar-refractivity contribution < 1.29 is 28.2 Å². The number of ketones is 1. The smallest absolute Gasteiger partial charge is 0.330 e. The number of hydrogen-bond acceptors (Lipinski definition) is 6. The van der Waals surface area contributed by atoms with E-state index in [1.165, 1.54) is 30.7 Å². The topological polar surface area (TPSA) is 84.9 Å². The van der Waals surface area contributed by atoms with Crippen LogP contribution in [-0.2, 0) is 14.3 Å². The lowest BCUT2D eigenvalue weighted by Gasteiger charge is -2.30. The largest absolute Gasteiger partial charge is 0.497 e. The van der Waals surface area contributed by atoms with Gasteiger partial charge < -0.3 is 14.8 Å². The Labute approximate surface area is 211 Å². The number of rotatable bonds is 11. The van der Waals surface area contributed by atoms with Crippen LogP contribution in [0.15, 0.2) is 60.7 Å². The number of hydrogen-bond donors (Lipinski definition) is 1. The average Bonchev–Trinajstić information content (AvgIpc) is 2.89. The second-order valence-electron chi connectivity index (χ2n) is 8.87. The van der Waals surface area contributed by atoms with E-state index in [2.05, 4.69) is 5.32 Å². The number of nitrogens with one attached hydrogen (secondary N) is 1. The molecule has 0 heterocycles. The summed E-state index contributed by atoms with van der Waals surface area (Å²) in [4.78, 5) is 39.3. The molecule has 2 aromatic rings. The third-order valence-corrected chi connectivity index (χ3v) is 6.26. The minimum atomic E-state index is -0.675. The molecule has 1 amide bonds. The summed E-state index contributed by atoms with van der Waals surface area (Å²) in [5.41, 5.74) is 1.08. The van der Waals surface area contributed by atoms with Crippen molar-refractivity contribution in [2.75, 3.05) is 27.3 Å². The summed E-state index contributed by atoms with van der Waals surface area (Å²) in [6, 6.07) is 12.0. The van der Waals surface area contributed by atoms with Gasteiger partial charge in [0.1, 0.15) is 24.2 Å². The monoisotopic (exact) mass is 496 g/mol. The van der Waals surface area contributed by atoms with E-state index < -0.39 is 23.6 Å². The average molecular weight is 497 g/mol. The fourth-order valence-electron chi connectivity index (χ4n) is 4.24. The number of nitrogens with zero attached hydrogens (tertiary/aromatic N) is 1. The maximum atomic E-state index is 13.3. The molecule has 0 bridgehead atoms. The van der Waals surface area contributed by atoms with Crippen molar-refractivity contribution in [3.8, 4) is 5.75 Å². The van der Waals surface area contributed by atoms with Gasteiger partial charge in [0.15, 0.2) is 5.78 Å². The van der Waals surface area contributed by atoms with Gasteiger partial charge in [-0.25, -0.2) is 9.18 Å². The van der Waals surface area contributed by atoms with Crippen molar-refractivity contribution in [3.63, 3.8) is 0 Å². The zero-order valence-corrected chi connectivity index (χ0v) is 20.7. The quantitative estimate of drug-likeness (QED) is 0.285. The second kappa shape index (κ2) is 13.5. The Hall–Kier alpha value is -3.52. The molecule has 0 aliphatic heterocycles. The fourth-order valence-corrected chi connectivity index (χ4v) is 4.24. The molecule has 8 heteroatoms. The molecule has 7 nitrogen and oxygen atoms in total. The summed E-state index contributed by atoms with van der Waals surface area (Å²) >= 11 is 0. The van der Waals surface area contributed by atoms with Crippen LogP contribution in [0.5, 0.6) is 5.75 Å². The Morgan fingerprint density at radius 2 is 1.69 bits per heavy atom. The first kappa shape index (κ1) is 27.1. The summed E-state index contributed by atoms with van der Waals surface area (Å²) in [5, 5.41) is 3.19. The molecule has 0 radical (unpaired) electrons. The van der Waals surface area contributed by atoms with Gasteiger partial charge in [-0.3, -0.25) is 14.5 Å². The van der Waals surface area contributed by atoms with E-state index in [1.807, 2.05) is 29.2 Å². The molecule has 3 rings (SSSR count). The van der Waals surface area contributed by atoms with Crippen molar-refractivity contribution in [2.24, 2.45) is 0 Å². The maximum Gasteiger partial charge on any atom is 0.330 e. The number of benzene rings is 2. The number of amides is 1. The Morgan fingerprint density at radius 1 is 1.03 bits per heavy atom. The molecule has 36 heavy (non-hydrogen) atoms. The van der Waals surface area contributed by atoms with E-state index in [0.29, 0.717) is 12.3 Å². The van der Waals surface area contributed by atoms with Crippen LogP contribution in [0.4, 0.5) is 4.39 Å². The van der Waals surface area contributed by atoms with E-state index >= 15 is 0 Å². The molecule has 1 atom stereocenters. The van der Waals surface area contributed by atoms with E-state index in [-0.39, 0.29) is 24.1 Å². The summed E-state index contributed by atoms with van der Waals surface area (Å²) < 4.78 is 23.5. The number of ether oxygens (including phenoxy) is 2. The van der Waals surface area contributed by atoms with Gasteiger partial charge in [-0.1, -0.05) is 31.4 Å². The molecular formula is C28H33FN2O5. The standard InChI is InChI=1S/C28H33FN2O5/c1-31(18-19-36-26(33)17-16-25(32)20-8-12-22(29)13-9-20)27(21-10-14-24(35-2)15-11-21)28(34)30-23-6-4-3-5-7-23/h8-17,23,27H,3-7,18-19H2,1-2H3,(H,30,34). The summed E-state index contributed by atoms with van der Waals surface area (Å²) in [7, 11) is 3.39. The normalized spacial score (nSPS) is 15.0. The van der Waals surface area contributed by atoms with Gasteiger partial charge in [0.05, 0.1) is 7.11 Å². The van der Waals surface area contributed by atoms with Crippen molar-refractivity contribution in [1.29, 1.82) is 0 Å². The summed E-state index contributed by atoms with van der Waals surface area (Å²) in [6.07, 6.45) is 7.52. The Balaban J connectivity index is 1.57. The number of likely N-dealkylation sites (N-methyl/N-ethyl adjacent to an activating group) is 1. The van der Waals surface area contributed by atoms with Crippen LogP contribution in [0.25, 0.3) is 0 Å². The van der Waals surface area contributed by atoms with Crippen LogP contribution in [-0.4, -0.2) is 55.9 Å². The molecule has 1 fully saturated rings. The van der Waals surface area contributed by atoms with Crippen molar-refractivity contribution in [1.82, 2.24) is 10.2 Å². The predicted molar refractivity (Wildman–Crippen MR) is 134 cm³/mol. The predicted octanol–water partition coefficient (Wildman–Crippen LogP) is 4.24. The van der Waals surface area contributed by atoms with Crippen LogP contribution in [0, 0.1) is 5.82 Å². The molecule has 192 valence electrons. The highest BCUT2D eigenvalue weighted by Gasteiger charge is 2.27. The lowest BCUT2D eigenvalue weighted by molar-refractivity contribution is -0.138. The minimum absolute atomic E-state index is 0.0355.